The average molecular weight is 356 g/mol. The van der Waals surface area contributed by atoms with E-state index in [0.29, 0.717) is 0 Å². The molecule has 0 bridgehead atoms. The fourth-order valence-corrected chi connectivity index (χ4v) is 2.34. The normalized spacial score (nSPS) is 11.3. The van der Waals surface area contributed by atoms with E-state index in [0.717, 1.165) is 5.56 Å². The van der Waals surface area contributed by atoms with Crippen molar-refractivity contribution < 1.29 is 14.4 Å². The van der Waals surface area contributed by atoms with Crippen LogP contribution in [0.15, 0.2) is 59.5 Å². The van der Waals surface area contributed by atoms with Gasteiger partial charge >= 0.3 is 0 Å². The SMILES string of the molecule is CC(=O)N[C@H](CC(=O)NNC(=O)Cn1ccccc1=O)c1ccccc1. The fraction of sp³-hybridized carbons (Fsp3) is 0.222. The van der Waals surface area contributed by atoms with Crippen LogP contribution >= 0.6 is 0 Å². The fourth-order valence-electron chi connectivity index (χ4n) is 2.34. The van der Waals surface area contributed by atoms with Gasteiger partial charge in [0.15, 0.2) is 0 Å². The minimum absolute atomic E-state index is 0.0465. The number of nitrogens with zero attached hydrogens (tertiary/aromatic N) is 1. The molecule has 1 aromatic heterocycles. The van der Waals surface area contributed by atoms with Crippen LogP contribution in [0.2, 0.25) is 0 Å². The van der Waals surface area contributed by atoms with E-state index in [1.165, 1.54) is 23.8 Å². The Morgan fingerprint density at radius 2 is 1.62 bits per heavy atom. The highest BCUT2D eigenvalue weighted by Crippen LogP contribution is 2.16. The van der Waals surface area contributed by atoms with Crippen LogP contribution in [0, 0.1) is 0 Å². The van der Waals surface area contributed by atoms with Gasteiger partial charge in [-0.15, -0.1) is 0 Å². The van der Waals surface area contributed by atoms with Crippen molar-refractivity contribution in [3.8, 4) is 0 Å². The average Bonchev–Trinajstić information content (AvgIpc) is 2.62. The first-order valence-electron chi connectivity index (χ1n) is 8.01. The van der Waals surface area contributed by atoms with Gasteiger partial charge in [0.25, 0.3) is 11.5 Å². The molecule has 3 N–H and O–H groups in total. The maximum atomic E-state index is 12.1. The standard InChI is InChI=1S/C18H20N4O4/c1-13(23)19-15(14-7-3-2-4-8-14)11-16(24)20-21-17(25)12-22-10-6-5-9-18(22)26/h2-10,15H,11-12H2,1H3,(H,19,23)(H,20,24)(H,21,25)/t15-/m1/s1. The van der Waals surface area contributed by atoms with Gasteiger partial charge in [0.1, 0.15) is 6.54 Å². The summed E-state index contributed by atoms with van der Waals surface area (Å²) in [6.45, 7) is 1.15. The van der Waals surface area contributed by atoms with Crippen LogP contribution < -0.4 is 21.7 Å². The molecule has 0 saturated heterocycles. The van der Waals surface area contributed by atoms with Crippen molar-refractivity contribution in [2.75, 3.05) is 0 Å². The summed E-state index contributed by atoms with van der Waals surface area (Å²) in [5.41, 5.74) is 5.01. The van der Waals surface area contributed by atoms with E-state index in [4.69, 9.17) is 0 Å². The number of benzene rings is 1. The Labute approximate surface area is 150 Å². The van der Waals surface area contributed by atoms with Gasteiger partial charge in [0.05, 0.1) is 12.5 Å². The van der Waals surface area contributed by atoms with Crippen molar-refractivity contribution in [2.45, 2.75) is 25.9 Å². The van der Waals surface area contributed by atoms with Crippen LogP contribution in [0.3, 0.4) is 0 Å². The lowest BCUT2D eigenvalue weighted by Crippen LogP contribution is -2.45. The van der Waals surface area contributed by atoms with Gasteiger partial charge in [-0.2, -0.15) is 0 Å². The van der Waals surface area contributed by atoms with Crippen LogP contribution in [-0.2, 0) is 20.9 Å². The molecule has 1 heterocycles. The lowest BCUT2D eigenvalue weighted by Gasteiger charge is -2.18. The highest BCUT2D eigenvalue weighted by molar-refractivity contribution is 5.83. The first kappa shape index (κ1) is 18.9. The van der Waals surface area contributed by atoms with E-state index in [1.807, 2.05) is 6.07 Å². The second-order valence-electron chi connectivity index (χ2n) is 5.63. The minimum Gasteiger partial charge on any atom is -0.349 e. The van der Waals surface area contributed by atoms with Gasteiger partial charge < -0.3 is 9.88 Å². The molecule has 26 heavy (non-hydrogen) atoms. The summed E-state index contributed by atoms with van der Waals surface area (Å²) in [4.78, 5) is 46.9. The highest BCUT2D eigenvalue weighted by atomic mass is 16.2. The number of rotatable bonds is 6. The Morgan fingerprint density at radius 1 is 0.962 bits per heavy atom. The zero-order valence-electron chi connectivity index (χ0n) is 14.3. The monoisotopic (exact) mass is 356 g/mol. The molecule has 0 unspecified atom stereocenters. The van der Waals surface area contributed by atoms with Crippen LogP contribution in [0.4, 0.5) is 0 Å². The van der Waals surface area contributed by atoms with Gasteiger partial charge in [-0.25, -0.2) is 0 Å². The van der Waals surface area contributed by atoms with Crippen molar-refractivity contribution in [2.24, 2.45) is 0 Å². The molecule has 1 aromatic carbocycles. The number of nitrogens with one attached hydrogen (secondary N) is 3. The lowest BCUT2D eigenvalue weighted by atomic mass is 10.0. The molecule has 0 aliphatic rings. The van der Waals surface area contributed by atoms with E-state index in [2.05, 4.69) is 16.2 Å². The summed E-state index contributed by atoms with van der Waals surface area (Å²) < 4.78 is 1.21. The molecule has 1 atom stereocenters. The zero-order chi connectivity index (χ0) is 18.9. The predicted molar refractivity (Wildman–Crippen MR) is 94.6 cm³/mol. The van der Waals surface area contributed by atoms with Crippen LogP contribution in [0.25, 0.3) is 0 Å². The van der Waals surface area contributed by atoms with Crippen LogP contribution in [0.1, 0.15) is 24.9 Å². The maximum absolute atomic E-state index is 12.1. The van der Waals surface area contributed by atoms with Crippen molar-refractivity contribution in [1.29, 1.82) is 0 Å². The smallest absolute Gasteiger partial charge is 0.258 e. The Morgan fingerprint density at radius 3 is 2.27 bits per heavy atom. The van der Waals surface area contributed by atoms with Gasteiger partial charge in [0.2, 0.25) is 11.8 Å². The molecule has 0 fully saturated rings. The largest absolute Gasteiger partial charge is 0.349 e. The Bertz CT molecular complexity index is 832. The maximum Gasteiger partial charge on any atom is 0.258 e. The highest BCUT2D eigenvalue weighted by Gasteiger charge is 2.17. The zero-order valence-corrected chi connectivity index (χ0v) is 14.3. The second-order valence-corrected chi connectivity index (χ2v) is 5.63. The summed E-state index contributed by atoms with van der Waals surface area (Å²) in [7, 11) is 0. The summed E-state index contributed by atoms with van der Waals surface area (Å²) >= 11 is 0. The van der Waals surface area contributed by atoms with E-state index in [-0.39, 0.29) is 24.4 Å². The van der Waals surface area contributed by atoms with E-state index in [9.17, 15) is 19.2 Å². The first-order chi connectivity index (χ1) is 12.5. The summed E-state index contributed by atoms with van der Waals surface area (Å²) in [5.74, 6) is -1.28. The van der Waals surface area contributed by atoms with Gasteiger partial charge in [-0.3, -0.25) is 30.0 Å². The summed E-state index contributed by atoms with van der Waals surface area (Å²) in [5, 5.41) is 2.70. The predicted octanol–water partition coefficient (Wildman–Crippen LogP) is 0.263. The number of carbonyl (C=O) groups is 3. The minimum atomic E-state index is -0.539. The summed E-state index contributed by atoms with van der Waals surface area (Å²) in [6.07, 6.45) is 1.43. The topological polar surface area (TPSA) is 109 Å². The molecular weight excluding hydrogens is 336 g/mol. The number of pyridine rings is 1. The van der Waals surface area contributed by atoms with Crippen molar-refractivity contribution in [1.82, 2.24) is 20.7 Å². The Hall–Kier alpha value is -3.42. The number of hydrogen-bond acceptors (Lipinski definition) is 4. The second kappa shape index (κ2) is 9.16. The third-order valence-corrected chi connectivity index (χ3v) is 3.52. The van der Waals surface area contributed by atoms with Gasteiger partial charge in [0, 0.05) is 19.2 Å². The quantitative estimate of drug-likeness (QED) is 0.645. The van der Waals surface area contributed by atoms with Crippen molar-refractivity contribution in [3.63, 3.8) is 0 Å². The number of carbonyl (C=O) groups excluding carboxylic acids is 3. The molecule has 2 rings (SSSR count). The molecular formula is C18H20N4O4. The first-order valence-corrected chi connectivity index (χ1v) is 8.01. The number of aromatic nitrogens is 1. The van der Waals surface area contributed by atoms with Gasteiger partial charge in [-0.1, -0.05) is 36.4 Å². The van der Waals surface area contributed by atoms with Crippen molar-refractivity contribution >= 4 is 17.7 Å². The summed E-state index contributed by atoms with van der Waals surface area (Å²) in [6, 6.07) is 13.1. The number of amides is 3. The molecule has 0 spiro atoms. The lowest BCUT2D eigenvalue weighted by molar-refractivity contribution is -0.129. The molecule has 2 aromatic rings. The van der Waals surface area contributed by atoms with Crippen molar-refractivity contribution in [3.05, 3.63) is 70.6 Å². The molecule has 3 amide bonds. The molecule has 0 aliphatic heterocycles. The van der Waals surface area contributed by atoms with Crippen LogP contribution in [0.5, 0.6) is 0 Å². The third-order valence-electron chi connectivity index (χ3n) is 3.52. The van der Waals surface area contributed by atoms with Crippen LogP contribution in [-0.4, -0.2) is 22.3 Å². The van der Waals surface area contributed by atoms with E-state index in [1.54, 1.807) is 36.4 Å². The molecule has 136 valence electrons. The van der Waals surface area contributed by atoms with Gasteiger partial charge in [-0.05, 0) is 11.6 Å². The third kappa shape index (κ3) is 5.90. The molecule has 0 saturated carbocycles. The molecule has 8 nitrogen and oxygen atoms in total. The Balaban J connectivity index is 1.89. The number of hydrazine groups is 1. The van der Waals surface area contributed by atoms with E-state index >= 15 is 0 Å². The molecule has 0 radical (unpaired) electrons. The molecule has 8 heteroatoms. The van der Waals surface area contributed by atoms with E-state index < -0.39 is 17.9 Å². The number of hydrogen-bond donors (Lipinski definition) is 3. The Kier molecular flexibility index (Phi) is 6.67. The molecule has 0 aliphatic carbocycles.